The largest absolute Gasteiger partial charge is 0.389 e. The van der Waals surface area contributed by atoms with Crippen LogP contribution in [-0.2, 0) is 0 Å². The van der Waals surface area contributed by atoms with Gasteiger partial charge < -0.3 is 5.11 Å². The Morgan fingerprint density at radius 2 is 1.73 bits per heavy atom. The molecule has 1 heteroatoms. The van der Waals surface area contributed by atoms with Crippen molar-refractivity contribution in [2.24, 2.45) is 0 Å². The lowest BCUT2D eigenvalue weighted by molar-refractivity contribution is 0.201. The van der Waals surface area contributed by atoms with Crippen LogP contribution in [0.25, 0.3) is 22.9 Å². The summed E-state index contributed by atoms with van der Waals surface area (Å²) in [7, 11) is 0. The zero-order valence-corrected chi connectivity index (χ0v) is 8.57. The smallest absolute Gasteiger partial charge is 0.0767 e. The van der Waals surface area contributed by atoms with Gasteiger partial charge in [0.2, 0.25) is 0 Å². The Kier molecular flexibility index (Phi) is 1.70. The molecule has 1 aliphatic carbocycles. The number of hydrogen-bond donors (Lipinski definition) is 1. The summed E-state index contributed by atoms with van der Waals surface area (Å²) in [5, 5.41) is 12.1. The standard InChI is InChI=1S/C14H12O/c1-9(15)12-8-7-11-6-5-10-3-2-4-13(12)14(10)11/h2-9,15H,1H3. The molecule has 1 atom stereocenters. The third kappa shape index (κ3) is 1.13. The molecule has 0 saturated heterocycles. The van der Waals surface area contributed by atoms with Gasteiger partial charge in [0, 0.05) is 0 Å². The average molecular weight is 196 g/mol. The first-order valence-corrected chi connectivity index (χ1v) is 5.19. The van der Waals surface area contributed by atoms with E-state index in [0.717, 1.165) is 5.56 Å². The molecular formula is C14H12O. The van der Waals surface area contributed by atoms with Crippen LogP contribution in [0.2, 0.25) is 0 Å². The SMILES string of the molecule is CC(O)c1ccc2c3c(cccc13)C=C2. The first-order valence-electron chi connectivity index (χ1n) is 5.19. The van der Waals surface area contributed by atoms with Crippen LogP contribution in [0.1, 0.15) is 29.7 Å². The first kappa shape index (κ1) is 8.69. The van der Waals surface area contributed by atoms with Gasteiger partial charge in [-0.3, -0.25) is 0 Å². The molecule has 0 amide bonds. The van der Waals surface area contributed by atoms with E-state index in [1.807, 2.05) is 19.1 Å². The normalized spacial score (nSPS) is 14.8. The van der Waals surface area contributed by atoms with Crippen LogP contribution in [-0.4, -0.2) is 5.11 Å². The van der Waals surface area contributed by atoms with Gasteiger partial charge in [0.25, 0.3) is 0 Å². The van der Waals surface area contributed by atoms with Gasteiger partial charge in [0.1, 0.15) is 0 Å². The lowest BCUT2D eigenvalue weighted by atomic mass is 9.97. The van der Waals surface area contributed by atoms with Gasteiger partial charge in [-0.2, -0.15) is 0 Å². The molecule has 0 spiro atoms. The summed E-state index contributed by atoms with van der Waals surface area (Å²) in [6.07, 6.45) is 3.85. The fourth-order valence-corrected chi connectivity index (χ4v) is 2.31. The second kappa shape index (κ2) is 2.94. The highest BCUT2D eigenvalue weighted by Crippen LogP contribution is 2.34. The molecule has 0 fully saturated rings. The second-order valence-corrected chi connectivity index (χ2v) is 4.02. The summed E-state index contributed by atoms with van der Waals surface area (Å²) >= 11 is 0. The maximum Gasteiger partial charge on any atom is 0.0767 e. The first-order chi connectivity index (χ1) is 7.27. The summed E-state index contributed by atoms with van der Waals surface area (Å²) in [5.74, 6) is 0. The van der Waals surface area contributed by atoms with Crippen molar-refractivity contribution in [3.05, 3.63) is 47.0 Å². The van der Waals surface area contributed by atoms with Crippen LogP contribution in [0, 0.1) is 0 Å². The Hall–Kier alpha value is -1.60. The minimum absolute atomic E-state index is 0.408. The molecule has 1 aliphatic rings. The number of aliphatic hydroxyl groups excluding tert-OH is 1. The average Bonchev–Trinajstić information content (AvgIpc) is 2.64. The Labute approximate surface area is 88.7 Å². The predicted molar refractivity (Wildman–Crippen MR) is 63.5 cm³/mol. The predicted octanol–water partition coefficient (Wildman–Crippen LogP) is 3.38. The molecule has 0 saturated carbocycles. The minimum Gasteiger partial charge on any atom is -0.389 e. The van der Waals surface area contributed by atoms with Crippen molar-refractivity contribution < 1.29 is 5.11 Å². The van der Waals surface area contributed by atoms with Crippen LogP contribution < -0.4 is 0 Å². The lowest BCUT2D eigenvalue weighted by Crippen LogP contribution is -1.93. The molecule has 1 unspecified atom stereocenters. The van der Waals surface area contributed by atoms with E-state index in [4.69, 9.17) is 0 Å². The van der Waals surface area contributed by atoms with Crippen molar-refractivity contribution in [3.8, 4) is 0 Å². The molecule has 2 aromatic rings. The zero-order chi connectivity index (χ0) is 10.4. The van der Waals surface area contributed by atoms with E-state index >= 15 is 0 Å². The Morgan fingerprint density at radius 1 is 1.00 bits per heavy atom. The number of hydrogen-bond acceptors (Lipinski definition) is 1. The van der Waals surface area contributed by atoms with Gasteiger partial charge in [0.05, 0.1) is 6.10 Å². The quantitative estimate of drug-likeness (QED) is 0.632. The van der Waals surface area contributed by atoms with Crippen molar-refractivity contribution >= 4 is 22.9 Å². The summed E-state index contributed by atoms with van der Waals surface area (Å²) < 4.78 is 0. The molecule has 15 heavy (non-hydrogen) atoms. The second-order valence-electron chi connectivity index (χ2n) is 4.02. The Balaban J connectivity index is 2.46. The van der Waals surface area contributed by atoms with Crippen LogP contribution >= 0.6 is 0 Å². The summed E-state index contributed by atoms with van der Waals surface area (Å²) in [6, 6.07) is 10.3. The molecule has 74 valence electrons. The van der Waals surface area contributed by atoms with E-state index in [2.05, 4.69) is 30.4 Å². The maximum atomic E-state index is 9.70. The molecule has 1 N–H and O–H groups in total. The van der Waals surface area contributed by atoms with Gasteiger partial charge in [-0.1, -0.05) is 42.5 Å². The lowest BCUT2D eigenvalue weighted by Gasteiger charge is -2.10. The molecule has 3 rings (SSSR count). The van der Waals surface area contributed by atoms with Gasteiger partial charge >= 0.3 is 0 Å². The summed E-state index contributed by atoms with van der Waals surface area (Å²) in [4.78, 5) is 0. The third-order valence-corrected chi connectivity index (χ3v) is 3.03. The fraction of sp³-hybridized carbons (Fsp3) is 0.143. The van der Waals surface area contributed by atoms with E-state index in [-0.39, 0.29) is 0 Å². The van der Waals surface area contributed by atoms with Gasteiger partial charge in [-0.05, 0) is 34.4 Å². The van der Waals surface area contributed by atoms with Crippen LogP contribution in [0.4, 0.5) is 0 Å². The fourth-order valence-electron chi connectivity index (χ4n) is 2.31. The summed E-state index contributed by atoms with van der Waals surface area (Å²) in [5.41, 5.74) is 3.52. The number of aliphatic hydroxyl groups is 1. The van der Waals surface area contributed by atoms with Crippen molar-refractivity contribution in [2.45, 2.75) is 13.0 Å². The highest BCUT2D eigenvalue weighted by Gasteiger charge is 2.13. The van der Waals surface area contributed by atoms with E-state index in [0.29, 0.717) is 0 Å². The van der Waals surface area contributed by atoms with Crippen molar-refractivity contribution in [3.63, 3.8) is 0 Å². The zero-order valence-electron chi connectivity index (χ0n) is 8.57. The molecule has 2 aromatic carbocycles. The van der Waals surface area contributed by atoms with E-state index in [1.165, 1.54) is 21.9 Å². The van der Waals surface area contributed by atoms with Crippen molar-refractivity contribution in [2.75, 3.05) is 0 Å². The molecular weight excluding hydrogens is 184 g/mol. The van der Waals surface area contributed by atoms with Gasteiger partial charge in [0.15, 0.2) is 0 Å². The highest BCUT2D eigenvalue weighted by atomic mass is 16.3. The van der Waals surface area contributed by atoms with E-state index in [1.54, 1.807) is 0 Å². The van der Waals surface area contributed by atoms with Gasteiger partial charge in [-0.15, -0.1) is 0 Å². The molecule has 0 aromatic heterocycles. The monoisotopic (exact) mass is 196 g/mol. The van der Waals surface area contributed by atoms with Crippen LogP contribution in [0.5, 0.6) is 0 Å². The van der Waals surface area contributed by atoms with Gasteiger partial charge in [-0.25, -0.2) is 0 Å². The van der Waals surface area contributed by atoms with Crippen LogP contribution in [0.15, 0.2) is 30.3 Å². The minimum atomic E-state index is -0.408. The summed E-state index contributed by atoms with van der Waals surface area (Å²) in [6.45, 7) is 1.81. The van der Waals surface area contributed by atoms with Crippen molar-refractivity contribution in [1.82, 2.24) is 0 Å². The molecule has 1 nitrogen and oxygen atoms in total. The Bertz CT molecular complexity index is 553. The molecule has 0 bridgehead atoms. The van der Waals surface area contributed by atoms with E-state index in [9.17, 15) is 5.11 Å². The van der Waals surface area contributed by atoms with E-state index < -0.39 is 6.10 Å². The van der Waals surface area contributed by atoms with Crippen LogP contribution in [0.3, 0.4) is 0 Å². The number of rotatable bonds is 1. The Morgan fingerprint density at radius 3 is 2.47 bits per heavy atom. The maximum absolute atomic E-state index is 9.70. The van der Waals surface area contributed by atoms with Crippen molar-refractivity contribution in [1.29, 1.82) is 0 Å². The highest BCUT2D eigenvalue weighted by molar-refractivity contribution is 6.06. The number of benzene rings is 2. The molecule has 0 aliphatic heterocycles. The molecule has 0 heterocycles. The molecule has 0 radical (unpaired) electrons. The topological polar surface area (TPSA) is 20.2 Å². The third-order valence-electron chi connectivity index (χ3n) is 3.03.